The number of nitrogens with zero attached hydrogens (tertiary/aromatic N) is 1. The Hall–Kier alpha value is -1.62. The molecule has 0 saturated heterocycles. The Kier molecular flexibility index (Phi) is 4.72. The highest BCUT2D eigenvalue weighted by molar-refractivity contribution is 5.91. The molecular weight excluding hydrogens is 204 g/mol. The van der Waals surface area contributed by atoms with Gasteiger partial charge in [-0.15, -0.1) is 0 Å². The third-order valence-electron chi connectivity index (χ3n) is 2.33. The quantitative estimate of drug-likeness (QED) is 0.656. The van der Waals surface area contributed by atoms with Gasteiger partial charge in [-0.2, -0.15) is 0 Å². The van der Waals surface area contributed by atoms with Crippen molar-refractivity contribution in [2.24, 2.45) is 17.4 Å². The fourth-order valence-corrected chi connectivity index (χ4v) is 1.35. The van der Waals surface area contributed by atoms with E-state index in [1.54, 1.807) is 12.3 Å². The molecule has 0 radical (unpaired) electrons. The Morgan fingerprint density at radius 1 is 1.62 bits per heavy atom. The first-order valence-electron chi connectivity index (χ1n) is 5.33. The lowest BCUT2D eigenvalue weighted by Crippen LogP contribution is -2.16. The van der Waals surface area contributed by atoms with E-state index in [0.29, 0.717) is 12.5 Å². The zero-order valence-electron chi connectivity index (χ0n) is 9.44. The van der Waals surface area contributed by atoms with E-state index in [2.05, 4.69) is 17.2 Å². The first-order valence-corrected chi connectivity index (χ1v) is 5.33. The number of primary amides is 1. The molecule has 5 nitrogen and oxygen atoms in total. The van der Waals surface area contributed by atoms with Crippen LogP contribution in [0.2, 0.25) is 0 Å². The molecule has 1 unspecified atom stereocenters. The molecule has 0 aliphatic rings. The second-order valence-corrected chi connectivity index (χ2v) is 3.86. The molecule has 0 aliphatic carbocycles. The summed E-state index contributed by atoms with van der Waals surface area (Å²) >= 11 is 0. The molecule has 1 aromatic rings. The molecule has 1 heterocycles. The van der Waals surface area contributed by atoms with Crippen LogP contribution >= 0.6 is 0 Å². The van der Waals surface area contributed by atoms with Gasteiger partial charge in [-0.3, -0.25) is 9.78 Å². The van der Waals surface area contributed by atoms with E-state index in [4.69, 9.17) is 11.5 Å². The number of anilines is 1. The molecule has 1 aromatic heterocycles. The number of pyridine rings is 1. The van der Waals surface area contributed by atoms with E-state index in [1.807, 2.05) is 6.07 Å². The highest BCUT2D eigenvalue weighted by atomic mass is 16.1. The van der Waals surface area contributed by atoms with Crippen LogP contribution < -0.4 is 16.8 Å². The zero-order chi connectivity index (χ0) is 12.0. The Labute approximate surface area is 95.2 Å². The van der Waals surface area contributed by atoms with Crippen molar-refractivity contribution in [3.8, 4) is 0 Å². The van der Waals surface area contributed by atoms with Gasteiger partial charge in [-0.25, -0.2) is 0 Å². The van der Waals surface area contributed by atoms with Gasteiger partial charge in [0.25, 0.3) is 5.91 Å². The molecule has 0 saturated carbocycles. The van der Waals surface area contributed by atoms with E-state index in [0.717, 1.165) is 18.7 Å². The van der Waals surface area contributed by atoms with Crippen LogP contribution in [0.1, 0.15) is 23.8 Å². The summed E-state index contributed by atoms with van der Waals surface area (Å²) in [5, 5.41) is 3.22. The molecule has 5 N–H and O–H groups in total. The lowest BCUT2D eigenvalue weighted by molar-refractivity contribution is 0.0995. The van der Waals surface area contributed by atoms with Gasteiger partial charge < -0.3 is 16.8 Å². The maximum absolute atomic E-state index is 10.9. The Bertz CT molecular complexity index is 354. The van der Waals surface area contributed by atoms with Crippen LogP contribution in [0.5, 0.6) is 0 Å². The zero-order valence-corrected chi connectivity index (χ0v) is 9.44. The summed E-state index contributed by atoms with van der Waals surface area (Å²) in [4.78, 5) is 14.8. The predicted molar refractivity (Wildman–Crippen MR) is 64.1 cm³/mol. The van der Waals surface area contributed by atoms with Gasteiger partial charge >= 0.3 is 0 Å². The van der Waals surface area contributed by atoms with E-state index >= 15 is 0 Å². The average Bonchev–Trinajstić information content (AvgIpc) is 2.27. The minimum atomic E-state index is -0.515. The summed E-state index contributed by atoms with van der Waals surface area (Å²) in [6, 6.07) is 3.46. The molecule has 1 rings (SSSR count). The van der Waals surface area contributed by atoms with E-state index in [1.165, 1.54) is 0 Å². The molecule has 0 fully saturated rings. The number of carbonyl (C=O) groups is 1. The maximum atomic E-state index is 10.9. The number of carbonyl (C=O) groups excluding carboxylic acids is 1. The fourth-order valence-electron chi connectivity index (χ4n) is 1.35. The molecule has 0 bridgehead atoms. The van der Waals surface area contributed by atoms with Crippen LogP contribution in [0.25, 0.3) is 0 Å². The first-order chi connectivity index (χ1) is 7.63. The van der Waals surface area contributed by atoms with Crippen molar-refractivity contribution >= 4 is 11.6 Å². The predicted octanol–water partition coefficient (Wildman–Crippen LogP) is 0.577. The van der Waals surface area contributed by atoms with Crippen molar-refractivity contribution in [3.63, 3.8) is 0 Å². The van der Waals surface area contributed by atoms with E-state index in [9.17, 15) is 4.79 Å². The maximum Gasteiger partial charge on any atom is 0.267 e. The molecule has 1 amide bonds. The number of aromatic nitrogens is 1. The van der Waals surface area contributed by atoms with Gasteiger partial charge in [-0.05, 0) is 31.0 Å². The summed E-state index contributed by atoms with van der Waals surface area (Å²) in [6.45, 7) is 3.63. The molecular formula is C11H18N4O. The lowest BCUT2D eigenvalue weighted by atomic mass is 10.1. The van der Waals surface area contributed by atoms with Gasteiger partial charge in [0, 0.05) is 18.4 Å². The Balaban J connectivity index is 2.54. The molecule has 1 atom stereocenters. The van der Waals surface area contributed by atoms with E-state index in [-0.39, 0.29) is 5.69 Å². The highest BCUT2D eigenvalue weighted by Crippen LogP contribution is 2.09. The van der Waals surface area contributed by atoms with Crippen molar-refractivity contribution in [2.45, 2.75) is 13.3 Å². The normalized spacial score (nSPS) is 12.1. The van der Waals surface area contributed by atoms with Gasteiger partial charge in [0.15, 0.2) is 0 Å². The van der Waals surface area contributed by atoms with Gasteiger partial charge in [0.05, 0.1) is 0 Å². The Morgan fingerprint density at radius 2 is 2.38 bits per heavy atom. The molecule has 16 heavy (non-hydrogen) atoms. The average molecular weight is 222 g/mol. The highest BCUT2D eigenvalue weighted by Gasteiger charge is 2.04. The number of hydrogen-bond donors (Lipinski definition) is 3. The number of nitrogens with two attached hydrogens (primary N) is 2. The van der Waals surface area contributed by atoms with E-state index < -0.39 is 5.91 Å². The van der Waals surface area contributed by atoms with Crippen LogP contribution in [0, 0.1) is 5.92 Å². The lowest BCUT2D eigenvalue weighted by Gasteiger charge is -2.12. The third kappa shape index (κ3) is 3.86. The van der Waals surface area contributed by atoms with Crippen molar-refractivity contribution in [1.29, 1.82) is 0 Å². The minimum absolute atomic E-state index is 0.275. The van der Waals surface area contributed by atoms with Crippen LogP contribution in [-0.4, -0.2) is 24.0 Å². The Morgan fingerprint density at radius 3 is 3.00 bits per heavy atom. The first kappa shape index (κ1) is 12.4. The molecule has 0 aliphatic heterocycles. The SMILES string of the molecule is CC(CCN)CNc1ccnc(C(N)=O)c1. The van der Waals surface area contributed by atoms with Crippen molar-refractivity contribution in [2.75, 3.05) is 18.4 Å². The standard InChI is InChI=1S/C11H18N4O/c1-8(2-4-12)7-15-9-3-5-14-10(6-9)11(13)16/h3,5-6,8H,2,4,7,12H2,1H3,(H2,13,16)(H,14,15). The van der Waals surface area contributed by atoms with Crippen LogP contribution in [0.15, 0.2) is 18.3 Å². The fraction of sp³-hybridized carbons (Fsp3) is 0.455. The number of hydrogen-bond acceptors (Lipinski definition) is 4. The van der Waals surface area contributed by atoms with Gasteiger partial charge in [-0.1, -0.05) is 6.92 Å². The number of rotatable bonds is 6. The van der Waals surface area contributed by atoms with Gasteiger partial charge in [0.1, 0.15) is 5.69 Å². The second kappa shape index (κ2) is 6.07. The number of nitrogens with one attached hydrogen (secondary N) is 1. The minimum Gasteiger partial charge on any atom is -0.385 e. The topological polar surface area (TPSA) is 94.0 Å². The van der Waals surface area contributed by atoms with Crippen LogP contribution in [0.4, 0.5) is 5.69 Å². The summed E-state index contributed by atoms with van der Waals surface area (Å²) in [5.74, 6) is -0.0196. The van der Waals surface area contributed by atoms with Crippen molar-refractivity contribution in [1.82, 2.24) is 4.98 Å². The van der Waals surface area contributed by atoms with Crippen molar-refractivity contribution < 1.29 is 4.79 Å². The number of amides is 1. The molecule has 0 aromatic carbocycles. The van der Waals surface area contributed by atoms with Crippen LogP contribution in [0.3, 0.4) is 0 Å². The summed E-state index contributed by atoms with van der Waals surface area (Å²) < 4.78 is 0. The molecule has 5 heteroatoms. The van der Waals surface area contributed by atoms with Crippen LogP contribution in [-0.2, 0) is 0 Å². The summed E-state index contributed by atoms with van der Waals surface area (Å²) in [7, 11) is 0. The smallest absolute Gasteiger partial charge is 0.267 e. The molecule has 0 spiro atoms. The largest absolute Gasteiger partial charge is 0.385 e. The third-order valence-corrected chi connectivity index (χ3v) is 2.33. The second-order valence-electron chi connectivity index (χ2n) is 3.86. The summed E-state index contributed by atoms with van der Waals surface area (Å²) in [6.07, 6.45) is 2.54. The summed E-state index contributed by atoms with van der Waals surface area (Å²) in [5.41, 5.74) is 11.7. The monoisotopic (exact) mass is 222 g/mol. The molecule has 88 valence electrons. The van der Waals surface area contributed by atoms with Gasteiger partial charge in [0.2, 0.25) is 0 Å². The van der Waals surface area contributed by atoms with Crippen molar-refractivity contribution in [3.05, 3.63) is 24.0 Å².